The Morgan fingerprint density at radius 1 is 1.06 bits per heavy atom. The predicted octanol–water partition coefficient (Wildman–Crippen LogP) is 4.64. The van der Waals surface area contributed by atoms with Crippen molar-refractivity contribution in [3.63, 3.8) is 0 Å². The molecule has 0 saturated heterocycles. The summed E-state index contributed by atoms with van der Waals surface area (Å²) in [6.07, 6.45) is 4.00. The van der Waals surface area contributed by atoms with Gasteiger partial charge in [0.05, 0.1) is 11.7 Å². The zero-order chi connectivity index (χ0) is 24.0. The van der Waals surface area contributed by atoms with Crippen LogP contribution in [0.25, 0.3) is 11.3 Å². The lowest BCUT2D eigenvalue weighted by molar-refractivity contribution is -0.126. The average molecular weight is 446 g/mol. The molecule has 0 bridgehead atoms. The molecule has 172 valence electrons. The Bertz CT molecular complexity index is 1180. The number of carbonyl (C=O) groups excluding carboxylic acids is 2. The molecule has 0 saturated carbocycles. The Balaban J connectivity index is 1.95. The molecule has 0 fully saturated rings. The van der Waals surface area contributed by atoms with Crippen molar-refractivity contribution < 1.29 is 9.59 Å². The molecular formula is C27H31N3O3. The van der Waals surface area contributed by atoms with Crippen LogP contribution in [-0.2, 0) is 9.59 Å². The van der Waals surface area contributed by atoms with E-state index in [-0.39, 0.29) is 29.6 Å². The SMILES string of the molecule is CC(=O)C[C@H](NC(=O)C(CC(C)C)n1ccccc1=O)c1ccnc(-c2ccccc2C)c1. The monoisotopic (exact) mass is 445 g/mol. The van der Waals surface area contributed by atoms with Gasteiger partial charge in [0.2, 0.25) is 5.91 Å². The van der Waals surface area contributed by atoms with Crippen LogP contribution in [0.2, 0.25) is 0 Å². The number of carbonyl (C=O) groups is 2. The first kappa shape index (κ1) is 24.1. The number of ketones is 1. The summed E-state index contributed by atoms with van der Waals surface area (Å²) >= 11 is 0. The molecule has 1 amide bonds. The first-order chi connectivity index (χ1) is 15.8. The smallest absolute Gasteiger partial charge is 0.251 e. The van der Waals surface area contributed by atoms with E-state index >= 15 is 0 Å². The van der Waals surface area contributed by atoms with Crippen LogP contribution >= 0.6 is 0 Å². The molecule has 0 spiro atoms. The minimum atomic E-state index is -0.661. The Kier molecular flexibility index (Phi) is 7.93. The topological polar surface area (TPSA) is 81.1 Å². The number of aryl methyl sites for hydroxylation is 1. The molecule has 0 aliphatic heterocycles. The fraction of sp³-hybridized carbons (Fsp3) is 0.333. The molecule has 2 heterocycles. The Hall–Kier alpha value is -3.54. The Morgan fingerprint density at radius 2 is 1.79 bits per heavy atom. The molecule has 3 rings (SSSR count). The largest absolute Gasteiger partial charge is 0.347 e. The second kappa shape index (κ2) is 10.9. The molecule has 2 aromatic heterocycles. The molecule has 33 heavy (non-hydrogen) atoms. The van der Waals surface area contributed by atoms with Crippen LogP contribution < -0.4 is 10.9 Å². The van der Waals surface area contributed by atoms with E-state index in [2.05, 4.69) is 10.3 Å². The fourth-order valence-corrected chi connectivity index (χ4v) is 3.97. The van der Waals surface area contributed by atoms with Crippen molar-refractivity contribution in [2.75, 3.05) is 0 Å². The summed E-state index contributed by atoms with van der Waals surface area (Å²) in [5, 5.41) is 3.04. The molecule has 1 N–H and O–H groups in total. The van der Waals surface area contributed by atoms with E-state index in [0.29, 0.717) is 6.42 Å². The normalized spacial score (nSPS) is 12.9. The molecule has 6 heteroatoms. The van der Waals surface area contributed by atoms with Gasteiger partial charge in [-0.05, 0) is 55.5 Å². The lowest BCUT2D eigenvalue weighted by atomic mass is 9.97. The number of benzene rings is 1. The first-order valence-electron chi connectivity index (χ1n) is 11.2. The van der Waals surface area contributed by atoms with E-state index in [0.717, 1.165) is 22.4 Å². The molecule has 3 aromatic rings. The maximum Gasteiger partial charge on any atom is 0.251 e. The highest BCUT2D eigenvalue weighted by atomic mass is 16.2. The first-order valence-corrected chi connectivity index (χ1v) is 11.2. The van der Waals surface area contributed by atoms with Crippen molar-refractivity contribution in [1.29, 1.82) is 0 Å². The van der Waals surface area contributed by atoms with Crippen LogP contribution in [0.15, 0.2) is 71.8 Å². The van der Waals surface area contributed by atoms with Crippen LogP contribution in [0.1, 0.15) is 56.8 Å². The van der Waals surface area contributed by atoms with Gasteiger partial charge < -0.3 is 9.88 Å². The number of amides is 1. The van der Waals surface area contributed by atoms with Crippen LogP contribution in [0, 0.1) is 12.8 Å². The van der Waals surface area contributed by atoms with Gasteiger partial charge in [0.15, 0.2) is 0 Å². The van der Waals surface area contributed by atoms with Gasteiger partial charge in [0, 0.05) is 30.4 Å². The predicted molar refractivity (Wildman–Crippen MR) is 130 cm³/mol. The van der Waals surface area contributed by atoms with Crippen molar-refractivity contribution in [2.24, 2.45) is 5.92 Å². The quantitative estimate of drug-likeness (QED) is 0.520. The van der Waals surface area contributed by atoms with Gasteiger partial charge in [0.25, 0.3) is 5.56 Å². The third-order valence-corrected chi connectivity index (χ3v) is 5.60. The van der Waals surface area contributed by atoms with Gasteiger partial charge in [-0.15, -0.1) is 0 Å². The number of pyridine rings is 2. The standard InChI is InChI=1S/C27H31N3O3/c1-18(2)15-25(30-14-8-7-11-26(30)32)27(33)29-23(16-20(4)31)21-12-13-28-24(17-21)22-10-6-5-9-19(22)3/h5-14,17-18,23,25H,15-16H2,1-4H3,(H,29,33)/t23-,25?/m0/s1. The number of rotatable bonds is 9. The van der Waals surface area contributed by atoms with E-state index < -0.39 is 12.1 Å². The van der Waals surface area contributed by atoms with E-state index in [1.165, 1.54) is 17.6 Å². The maximum atomic E-state index is 13.4. The minimum absolute atomic E-state index is 0.0353. The summed E-state index contributed by atoms with van der Waals surface area (Å²) in [6.45, 7) is 7.56. The van der Waals surface area contributed by atoms with Gasteiger partial charge in [-0.3, -0.25) is 19.4 Å². The minimum Gasteiger partial charge on any atom is -0.347 e. The van der Waals surface area contributed by atoms with Gasteiger partial charge in [0.1, 0.15) is 11.8 Å². The van der Waals surface area contributed by atoms with Crippen molar-refractivity contribution in [2.45, 2.75) is 52.6 Å². The van der Waals surface area contributed by atoms with Gasteiger partial charge >= 0.3 is 0 Å². The van der Waals surface area contributed by atoms with E-state index in [4.69, 9.17) is 0 Å². The molecule has 0 aliphatic rings. The van der Waals surface area contributed by atoms with Crippen LogP contribution in [0.4, 0.5) is 0 Å². The third kappa shape index (κ3) is 6.25. The molecule has 1 aromatic carbocycles. The molecule has 6 nitrogen and oxygen atoms in total. The number of hydrogen-bond donors (Lipinski definition) is 1. The highest BCUT2D eigenvalue weighted by Crippen LogP contribution is 2.26. The molecule has 1 unspecified atom stereocenters. The number of nitrogens with one attached hydrogen (secondary N) is 1. The second-order valence-electron chi connectivity index (χ2n) is 8.85. The Morgan fingerprint density at radius 3 is 2.45 bits per heavy atom. The number of Topliss-reactive ketones (excluding diaryl/α,β-unsaturated/α-hetero) is 1. The second-order valence-corrected chi connectivity index (χ2v) is 8.85. The van der Waals surface area contributed by atoms with Crippen molar-refractivity contribution in [3.05, 3.63) is 88.5 Å². The lowest BCUT2D eigenvalue weighted by Gasteiger charge is -2.25. The van der Waals surface area contributed by atoms with E-state index in [9.17, 15) is 14.4 Å². The number of nitrogens with zero attached hydrogens (tertiary/aromatic N) is 2. The van der Waals surface area contributed by atoms with Gasteiger partial charge in [-0.1, -0.05) is 44.2 Å². The van der Waals surface area contributed by atoms with Crippen molar-refractivity contribution in [3.8, 4) is 11.3 Å². The van der Waals surface area contributed by atoms with Crippen LogP contribution in [0.3, 0.4) is 0 Å². The fourth-order valence-electron chi connectivity index (χ4n) is 3.97. The number of hydrogen-bond acceptors (Lipinski definition) is 4. The summed E-state index contributed by atoms with van der Waals surface area (Å²) < 4.78 is 1.46. The molecule has 0 aliphatic carbocycles. The summed E-state index contributed by atoms with van der Waals surface area (Å²) in [5.41, 5.74) is 3.45. The van der Waals surface area contributed by atoms with Gasteiger partial charge in [-0.2, -0.15) is 0 Å². The molecular weight excluding hydrogens is 414 g/mol. The average Bonchev–Trinajstić information content (AvgIpc) is 2.77. The summed E-state index contributed by atoms with van der Waals surface area (Å²) in [6, 6.07) is 15.4. The van der Waals surface area contributed by atoms with E-state index in [1.807, 2.05) is 57.2 Å². The third-order valence-electron chi connectivity index (χ3n) is 5.60. The summed E-state index contributed by atoms with van der Waals surface area (Å²) in [7, 11) is 0. The highest BCUT2D eigenvalue weighted by molar-refractivity contribution is 5.82. The van der Waals surface area contributed by atoms with Crippen molar-refractivity contribution in [1.82, 2.24) is 14.9 Å². The van der Waals surface area contributed by atoms with Crippen molar-refractivity contribution >= 4 is 11.7 Å². The lowest BCUT2D eigenvalue weighted by Crippen LogP contribution is -2.39. The zero-order valence-electron chi connectivity index (χ0n) is 19.6. The maximum absolute atomic E-state index is 13.4. The zero-order valence-corrected chi connectivity index (χ0v) is 19.6. The summed E-state index contributed by atoms with van der Waals surface area (Å²) in [5.74, 6) is -0.114. The summed E-state index contributed by atoms with van der Waals surface area (Å²) in [4.78, 5) is 42.4. The number of aromatic nitrogens is 2. The highest BCUT2D eigenvalue weighted by Gasteiger charge is 2.26. The Labute approximate surface area is 194 Å². The molecule has 0 radical (unpaired) electrons. The molecule has 2 atom stereocenters. The van der Waals surface area contributed by atoms with Crippen LogP contribution in [-0.4, -0.2) is 21.2 Å². The van der Waals surface area contributed by atoms with E-state index in [1.54, 1.807) is 24.5 Å². The van der Waals surface area contributed by atoms with Gasteiger partial charge in [-0.25, -0.2) is 0 Å². The van der Waals surface area contributed by atoms with Crippen LogP contribution in [0.5, 0.6) is 0 Å².